The number of alkyl halides is 2. The lowest BCUT2D eigenvalue weighted by Gasteiger charge is -2.18. The van der Waals surface area contributed by atoms with E-state index in [2.05, 4.69) is 14.8 Å². The van der Waals surface area contributed by atoms with Gasteiger partial charge in [-0.15, -0.1) is 0 Å². The number of carbonyl (C=O) groups is 1. The Bertz CT molecular complexity index is 1240. The van der Waals surface area contributed by atoms with Crippen molar-refractivity contribution in [1.82, 2.24) is 19.5 Å². The van der Waals surface area contributed by atoms with Crippen molar-refractivity contribution in [3.8, 4) is 22.8 Å². The second kappa shape index (κ2) is 9.01. The Labute approximate surface area is 182 Å². The number of carbonyl (C=O) groups excluding carboxylic acids is 1. The average molecular weight is 438 g/mol. The van der Waals surface area contributed by atoms with Crippen LogP contribution in [-0.4, -0.2) is 46.2 Å². The van der Waals surface area contributed by atoms with Crippen LogP contribution in [0.3, 0.4) is 0 Å². The highest BCUT2D eigenvalue weighted by atomic mass is 19.3. The van der Waals surface area contributed by atoms with E-state index in [0.29, 0.717) is 16.8 Å². The molecule has 2 aromatic heterocycles. The summed E-state index contributed by atoms with van der Waals surface area (Å²) in [5.41, 5.74) is 3.26. The van der Waals surface area contributed by atoms with E-state index in [0.717, 1.165) is 11.3 Å². The summed E-state index contributed by atoms with van der Waals surface area (Å²) in [4.78, 5) is 19.0. The van der Waals surface area contributed by atoms with Gasteiger partial charge < -0.3 is 14.4 Å². The van der Waals surface area contributed by atoms with Crippen molar-refractivity contribution >= 4 is 11.6 Å². The van der Waals surface area contributed by atoms with Crippen LogP contribution in [0.25, 0.3) is 16.9 Å². The van der Waals surface area contributed by atoms with Gasteiger partial charge in [-0.3, -0.25) is 4.79 Å². The first-order valence-electron chi connectivity index (χ1n) is 9.73. The van der Waals surface area contributed by atoms with Crippen LogP contribution < -0.4 is 9.47 Å². The fourth-order valence-corrected chi connectivity index (χ4v) is 3.42. The number of fused-ring (bicyclic) bond motifs is 1. The minimum absolute atomic E-state index is 0.0690. The third kappa shape index (κ3) is 4.22. The lowest BCUT2D eigenvalue weighted by Crippen LogP contribution is -2.26. The molecule has 1 amide bonds. The fraction of sp³-hybridized carbons (Fsp3) is 0.174. The molecule has 0 aliphatic rings. The van der Waals surface area contributed by atoms with Gasteiger partial charge in [-0.2, -0.15) is 13.9 Å². The van der Waals surface area contributed by atoms with Crippen LogP contribution in [0.5, 0.6) is 11.5 Å². The van der Waals surface area contributed by atoms with Crippen LogP contribution >= 0.6 is 0 Å². The van der Waals surface area contributed by atoms with Crippen LogP contribution in [-0.2, 0) is 6.54 Å². The van der Waals surface area contributed by atoms with Crippen molar-refractivity contribution in [3.63, 3.8) is 0 Å². The molecule has 0 atom stereocenters. The molecule has 0 unspecified atom stereocenters. The Morgan fingerprint density at radius 2 is 1.91 bits per heavy atom. The maximum absolute atomic E-state index is 13.1. The van der Waals surface area contributed by atoms with Gasteiger partial charge in [0.25, 0.3) is 5.91 Å². The Kier molecular flexibility index (Phi) is 5.98. The predicted octanol–water partition coefficient (Wildman–Crippen LogP) is 4.28. The summed E-state index contributed by atoms with van der Waals surface area (Å²) in [5, 5.41) is 4.37. The monoisotopic (exact) mass is 438 g/mol. The minimum Gasteiger partial charge on any atom is -0.493 e. The fourth-order valence-electron chi connectivity index (χ4n) is 3.42. The Morgan fingerprint density at radius 3 is 2.62 bits per heavy atom. The van der Waals surface area contributed by atoms with Crippen LogP contribution in [0.2, 0.25) is 0 Å². The van der Waals surface area contributed by atoms with Gasteiger partial charge in [-0.25, -0.2) is 9.50 Å². The van der Waals surface area contributed by atoms with E-state index >= 15 is 0 Å². The molecule has 0 spiro atoms. The number of rotatable bonds is 7. The molecule has 7 nitrogen and oxygen atoms in total. The molecule has 2 aromatic carbocycles. The predicted molar refractivity (Wildman–Crippen MR) is 114 cm³/mol. The number of ether oxygens (including phenoxy) is 2. The maximum Gasteiger partial charge on any atom is 0.387 e. The molecule has 4 aromatic rings. The van der Waals surface area contributed by atoms with Gasteiger partial charge in [0.1, 0.15) is 5.56 Å². The first kappa shape index (κ1) is 21.2. The Morgan fingerprint density at radius 1 is 1.12 bits per heavy atom. The third-order valence-corrected chi connectivity index (χ3v) is 4.91. The van der Waals surface area contributed by atoms with Crippen molar-refractivity contribution in [1.29, 1.82) is 0 Å². The highest BCUT2D eigenvalue weighted by Gasteiger charge is 2.20. The van der Waals surface area contributed by atoms with Crippen LogP contribution in [0.1, 0.15) is 15.9 Å². The third-order valence-electron chi connectivity index (χ3n) is 4.91. The van der Waals surface area contributed by atoms with Crippen LogP contribution in [0, 0.1) is 0 Å². The summed E-state index contributed by atoms with van der Waals surface area (Å²) in [6.45, 7) is -2.73. The zero-order valence-corrected chi connectivity index (χ0v) is 17.4. The van der Waals surface area contributed by atoms with E-state index in [1.807, 2.05) is 36.4 Å². The van der Waals surface area contributed by atoms with Crippen molar-refractivity contribution in [3.05, 3.63) is 78.1 Å². The van der Waals surface area contributed by atoms with Gasteiger partial charge in [0, 0.05) is 25.4 Å². The van der Waals surface area contributed by atoms with Gasteiger partial charge in [-0.1, -0.05) is 36.4 Å². The van der Waals surface area contributed by atoms with Crippen molar-refractivity contribution in [2.75, 3.05) is 14.2 Å². The number of benzene rings is 2. The van der Waals surface area contributed by atoms with Crippen molar-refractivity contribution < 1.29 is 23.0 Å². The van der Waals surface area contributed by atoms with Gasteiger partial charge in [0.05, 0.1) is 19.0 Å². The molecule has 164 valence electrons. The Balaban J connectivity index is 1.58. The molecule has 32 heavy (non-hydrogen) atoms. The van der Waals surface area contributed by atoms with Gasteiger partial charge in [0.15, 0.2) is 17.1 Å². The maximum atomic E-state index is 13.1. The smallest absolute Gasteiger partial charge is 0.387 e. The Hall–Kier alpha value is -4.01. The molecule has 0 aliphatic heterocycles. The van der Waals surface area contributed by atoms with Gasteiger partial charge in [0.2, 0.25) is 0 Å². The molecule has 4 rings (SSSR count). The van der Waals surface area contributed by atoms with E-state index < -0.39 is 6.61 Å². The summed E-state index contributed by atoms with van der Waals surface area (Å²) in [7, 11) is 3.00. The number of nitrogens with zero attached hydrogens (tertiary/aromatic N) is 4. The summed E-state index contributed by atoms with van der Waals surface area (Å²) < 4.78 is 36.3. The lowest BCUT2D eigenvalue weighted by molar-refractivity contribution is -0.0512. The normalized spacial score (nSPS) is 11.0. The summed E-state index contributed by atoms with van der Waals surface area (Å²) in [6, 6.07) is 16.1. The second-order valence-corrected chi connectivity index (χ2v) is 7.01. The van der Waals surface area contributed by atoms with Gasteiger partial charge >= 0.3 is 6.61 Å². The number of halogens is 2. The lowest BCUT2D eigenvalue weighted by atomic mass is 10.1. The van der Waals surface area contributed by atoms with E-state index in [1.54, 1.807) is 29.9 Å². The average Bonchev–Trinajstić information content (AvgIpc) is 3.24. The highest BCUT2D eigenvalue weighted by molar-refractivity contribution is 5.99. The molecular weight excluding hydrogens is 418 g/mol. The van der Waals surface area contributed by atoms with Crippen LogP contribution in [0.4, 0.5) is 8.78 Å². The summed E-state index contributed by atoms with van der Waals surface area (Å²) >= 11 is 0. The first-order valence-corrected chi connectivity index (χ1v) is 9.73. The molecule has 0 bridgehead atoms. The number of hydrogen-bond donors (Lipinski definition) is 0. The topological polar surface area (TPSA) is 69.0 Å². The number of amides is 1. The largest absolute Gasteiger partial charge is 0.493 e. The first-order chi connectivity index (χ1) is 15.5. The zero-order chi connectivity index (χ0) is 22.7. The van der Waals surface area contributed by atoms with Gasteiger partial charge in [-0.05, 0) is 23.8 Å². The van der Waals surface area contributed by atoms with E-state index in [-0.39, 0.29) is 24.0 Å². The number of aromatic nitrogens is 3. The molecular formula is C23H20F2N4O3. The highest BCUT2D eigenvalue weighted by Crippen LogP contribution is 2.30. The zero-order valence-electron chi connectivity index (χ0n) is 17.4. The molecule has 0 radical (unpaired) electrons. The van der Waals surface area contributed by atoms with E-state index in [1.165, 1.54) is 24.3 Å². The molecule has 0 aliphatic carbocycles. The summed E-state index contributed by atoms with van der Waals surface area (Å²) in [5.74, 6) is -0.182. The molecule has 0 fully saturated rings. The summed E-state index contributed by atoms with van der Waals surface area (Å²) in [6.07, 6.45) is 3.14. The molecule has 0 saturated heterocycles. The molecule has 0 saturated carbocycles. The van der Waals surface area contributed by atoms with Crippen LogP contribution in [0.15, 0.2) is 67.0 Å². The van der Waals surface area contributed by atoms with Crippen molar-refractivity contribution in [2.45, 2.75) is 13.2 Å². The molecule has 2 heterocycles. The quantitative estimate of drug-likeness (QED) is 0.431. The number of hydrogen-bond acceptors (Lipinski definition) is 5. The van der Waals surface area contributed by atoms with E-state index in [4.69, 9.17) is 4.74 Å². The van der Waals surface area contributed by atoms with Crippen molar-refractivity contribution in [2.24, 2.45) is 0 Å². The second-order valence-electron chi connectivity index (χ2n) is 7.01. The molecule has 9 heteroatoms. The molecule has 0 N–H and O–H groups in total. The standard InChI is InChI=1S/C23H20F2N4O3/c1-28(14-15-8-9-19(32-23(24)25)20(12-15)31-2)22(30)17-13-27-29-18(10-11-26-21(17)29)16-6-4-3-5-7-16/h3-13,23H,14H2,1-2H3. The SMILES string of the molecule is COc1cc(CN(C)C(=O)c2cnn3c(-c4ccccc4)ccnc23)ccc1OC(F)F. The minimum atomic E-state index is -2.96. The van der Waals surface area contributed by atoms with E-state index in [9.17, 15) is 13.6 Å². The number of methoxy groups -OCH3 is 1.